The Labute approximate surface area is 122 Å². The third-order valence-electron chi connectivity index (χ3n) is 3.49. The molecule has 1 unspecified atom stereocenters. The van der Waals surface area contributed by atoms with E-state index in [9.17, 15) is 14.0 Å². The number of halogens is 1. The van der Waals surface area contributed by atoms with Gasteiger partial charge in [0, 0.05) is 31.3 Å². The van der Waals surface area contributed by atoms with Gasteiger partial charge in [0.2, 0.25) is 5.91 Å². The highest BCUT2D eigenvalue weighted by atomic mass is 19.1. The molecule has 1 aromatic carbocycles. The molecule has 21 heavy (non-hydrogen) atoms. The molecule has 112 valence electrons. The van der Waals surface area contributed by atoms with Crippen molar-refractivity contribution in [3.8, 4) is 0 Å². The number of benzene rings is 1. The van der Waals surface area contributed by atoms with E-state index in [0.29, 0.717) is 30.8 Å². The zero-order valence-electron chi connectivity index (χ0n) is 11.7. The van der Waals surface area contributed by atoms with Gasteiger partial charge < -0.3 is 10.4 Å². The summed E-state index contributed by atoms with van der Waals surface area (Å²) in [6.07, 6.45) is 2.30. The maximum absolute atomic E-state index is 14.0. The zero-order valence-corrected chi connectivity index (χ0v) is 11.7. The molecule has 0 aromatic heterocycles. The summed E-state index contributed by atoms with van der Waals surface area (Å²) < 4.78 is 14.0. The van der Waals surface area contributed by atoms with Gasteiger partial charge in [-0.25, -0.2) is 9.18 Å². The SMILES string of the molecule is CC1C(=O)NCCN1Cc1ccc(C=CC(=O)O)cc1F. The molecule has 1 atom stereocenters. The molecule has 1 aromatic rings. The maximum Gasteiger partial charge on any atom is 0.328 e. The Morgan fingerprint density at radius 1 is 1.57 bits per heavy atom. The molecule has 0 saturated carbocycles. The molecule has 1 heterocycles. The maximum atomic E-state index is 14.0. The van der Waals surface area contributed by atoms with Gasteiger partial charge in [-0.2, -0.15) is 0 Å². The normalized spacial score (nSPS) is 19.7. The second kappa shape index (κ2) is 6.49. The molecule has 0 radical (unpaired) electrons. The Balaban J connectivity index is 2.10. The molecule has 1 aliphatic heterocycles. The van der Waals surface area contributed by atoms with Crippen LogP contribution < -0.4 is 5.32 Å². The van der Waals surface area contributed by atoms with E-state index in [-0.39, 0.29) is 11.9 Å². The van der Waals surface area contributed by atoms with Crippen molar-refractivity contribution in [1.29, 1.82) is 0 Å². The molecule has 0 aliphatic carbocycles. The first-order valence-electron chi connectivity index (χ1n) is 6.68. The first-order chi connectivity index (χ1) is 9.97. The molecule has 1 fully saturated rings. The predicted octanol–water partition coefficient (Wildman–Crippen LogP) is 1.24. The first-order valence-corrected chi connectivity index (χ1v) is 6.68. The van der Waals surface area contributed by atoms with Crippen LogP contribution in [0.25, 0.3) is 6.08 Å². The average Bonchev–Trinajstić information content (AvgIpc) is 2.44. The van der Waals surface area contributed by atoms with Gasteiger partial charge >= 0.3 is 5.97 Å². The molecule has 0 spiro atoms. The summed E-state index contributed by atoms with van der Waals surface area (Å²) in [5.41, 5.74) is 0.979. The fourth-order valence-electron chi connectivity index (χ4n) is 2.23. The van der Waals surface area contributed by atoms with Crippen LogP contribution in [0.3, 0.4) is 0 Å². The van der Waals surface area contributed by atoms with E-state index in [1.165, 1.54) is 12.1 Å². The number of amides is 1. The summed E-state index contributed by atoms with van der Waals surface area (Å²) in [5.74, 6) is -1.53. The van der Waals surface area contributed by atoms with Gasteiger partial charge in [0.15, 0.2) is 0 Å². The number of piperazine rings is 1. The molecule has 2 rings (SSSR count). The van der Waals surface area contributed by atoms with Crippen LogP contribution in [0.5, 0.6) is 0 Å². The van der Waals surface area contributed by atoms with Crippen LogP contribution in [0.1, 0.15) is 18.1 Å². The Kier molecular flexibility index (Phi) is 4.70. The van der Waals surface area contributed by atoms with E-state index < -0.39 is 11.8 Å². The summed E-state index contributed by atoms with van der Waals surface area (Å²) in [6, 6.07) is 4.29. The zero-order chi connectivity index (χ0) is 15.4. The second-order valence-corrected chi connectivity index (χ2v) is 4.96. The lowest BCUT2D eigenvalue weighted by Crippen LogP contribution is -2.53. The van der Waals surface area contributed by atoms with Gasteiger partial charge in [-0.05, 0) is 24.6 Å². The van der Waals surface area contributed by atoms with Gasteiger partial charge in [-0.1, -0.05) is 12.1 Å². The molecule has 1 aliphatic rings. The van der Waals surface area contributed by atoms with Crippen molar-refractivity contribution in [2.75, 3.05) is 13.1 Å². The van der Waals surface area contributed by atoms with Gasteiger partial charge in [-0.3, -0.25) is 9.69 Å². The molecule has 5 nitrogen and oxygen atoms in total. The van der Waals surface area contributed by atoms with E-state index in [1.807, 2.05) is 4.90 Å². The quantitative estimate of drug-likeness (QED) is 0.819. The number of carboxylic acids is 1. The largest absolute Gasteiger partial charge is 0.478 e. The lowest BCUT2D eigenvalue weighted by molar-refractivity contribution is -0.131. The summed E-state index contributed by atoms with van der Waals surface area (Å²) in [7, 11) is 0. The highest BCUT2D eigenvalue weighted by Crippen LogP contribution is 2.16. The monoisotopic (exact) mass is 292 g/mol. The number of rotatable bonds is 4. The molecular formula is C15H17FN2O3. The minimum absolute atomic E-state index is 0.0531. The number of carbonyl (C=O) groups is 2. The molecule has 1 saturated heterocycles. The number of nitrogens with zero attached hydrogens (tertiary/aromatic N) is 1. The van der Waals surface area contributed by atoms with E-state index in [4.69, 9.17) is 5.11 Å². The van der Waals surface area contributed by atoms with Gasteiger partial charge in [0.1, 0.15) is 5.82 Å². The van der Waals surface area contributed by atoms with Crippen LogP contribution in [0.2, 0.25) is 0 Å². The van der Waals surface area contributed by atoms with Crippen molar-refractivity contribution in [2.24, 2.45) is 0 Å². The van der Waals surface area contributed by atoms with Crippen molar-refractivity contribution < 1.29 is 19.1 Å². The van der Waals surface area contributed by atoms with E-state index in [2.05, 4.69) is 5.32 Å². The van der Waals surface area contributed by atoms with Gasteiger partial charge in [0.25, 0.3) is 0 Å². The Morgan fingerprint density at radius 3 is 3.00 bits per heavy atom. The van der Waals surface area contributed by atoms with Crippen LogP contribution in [-0.4, -0.2) is 41.0 Å². The summed E-state index contributed by atoms with van der Waals surface area (Å²) >= 11 is 0. The number of carbonyl (C=O) groups excluding carboxylic acids is 1. The Hall–Kier alpha value is -2.21. The van der Waals surface area contributed by atoms with Crippen molar-refractivity contribution in [1.82, 2.24) is 10.2 Å². The van der Waals surface area contributed by atoms with Crippen molar-refractivity contribution in [3.63, 3.8) is 0 Å². The summed E-state index contributed by atoms with van der Waals surface area (Å²) in [4.78, 5) is 23.9. The van der Waals surface area contributed by atoms with E-state index in [1.54, 1.807) is 19.1 Å². The van der Waals surface area contributed by atoms with Crippen LogP contribution in [0.4, 0.5) is 4.39 Å². The van der Waals surface area contributed by atoms with Crippen molar-refractivity contribution in [3.05, 3.63) is 41.2 Å². The highest BCUT2D eigenvalue weighted by molar-refractivity contribution is 5.85. The molecule has 2 N–H and O–H groups in total. The number of hydrogen-bond acceptors (Lipinski definition) is 3. The highest BCUT2D eigenvalue weighted by Gasteiger charge is 2.25. The molecule has 6 heteroatoms. The predicted molar refractivity (Wildman–Crippen MR) is 76.0 cm³/mol. The first kappa shape index (κ1) is 15.2. The van der Waals surface area contributed by atoms with Crippen LogP contribution in [0, 0.1) is 5.82 Å². The van der Waals surface area contributed by atoms with E-state index >= 15 is 0 Å². The standard InChI is InChI=1S/C15H17FN2O3/c1-10-15(21)17-6-7-18(10)9-12-4-2-11(8-13(12)16)3-5-14(19)20/h2-5,8,10H,6-7,9H2,1H3,(H,17,21)(H,19,20). The molecular weight excluding hydrogens is 275 g/mol. The molecule has 0 bridgehead atoms. The topological polar surface area (TPSA) is 69.6 Å². The fraction of sp³-hybridized carbons (Fsp3) is 0.333. The van der Waals surface area contributed by atoms with Crippen molar-refractivity contribution in [2.45, 2.75) is 19.5 Å². The third kappa shape index (κ3) is 3.88. The van der Waals surface area contributed by atoms with E-state index in [0.717, 1.165) is 6.08 Å². The third-order valence-corrected chi connectivity index (χ3v) is 3.49. The average molecular weight is 292 g/mol. The smallest absolute Gasteiger partial charge is 0.328 e. The number of nitrogens with one attached hydrogen (secondary N) is 1. The van der Waals surface area contributed by atoms with Crippen molar-refractivity contribution >= 4 is 18.0 Å². The fourth-order valence-corrected chi connectivity index (χ4v) is 2.23. The second-order valence-electron chi connectivity index (χ2n) is 4.96. The van der Waals surface area contributed by atoms with Crippen LogP contribution in [0.15, 0.2) is 24.3 Å². The number of aliphatic carboxylic acids is 1. The Bertz CT molecular complexity index is 586. The minimum Gasteiger partial charge on any atom is -0.478 e. The van der Waals surface area contributed by atoms with Gasteiger partial charge in [0.05, 0.1) is 6.04 Å². The molecule has 1 amide bonds. The lowest BCUT2D eigenvalue weighted by Gasteiger charge is -2.32. The summed E-state index contributed by atoms with van der Waals surface area (Å²) in [6.45, 7) is 3.37. The van der Waals surface area contributed by atoms with Gasteiger partial charge in [-0.15, -0.1) is 0 Å². The van der Waals surface area contributed by atoms with Crippen LogP contribution >= 0.6 is 0 Å². The number of carboxylic acid groups (broad SMARTS) is 1. The Morgan fingerprint density at radius 2 is 2.33 bits per heavy atom. The van der Waals surface area contributed by atoms with Crippen LogP contribution in [-0.2, 0) is 16.1 Å². The lowest BCUT2D eigenvalue weighted by atomic mass is 10.1. The number of hydrogen-bond donors (Lipinski definition) is 2. The summed E-state index contributed by atoms with van der Waals surface area (Å²) in [5, 5.41) is 11.3. The minimum atomic E-state index is -1.08.